The van der Waals surface area contributed by atoms with Crippen molar-refractivity contribution in [1.82, 2.24) is 0 Å². The van der Waals surface area contributed by atoms with Crippen LogP contribution in [-0.4, -0.2) is 5.90 Å². The van der Waals surface area contributed by atoms with E-state index in [1.54, 1.807) is 0 Å². The molecule has 3 heteroatoms. The van der Waals surface area contributed by atoms with E-state index in [1.165, 1.54) is 0 Å². The van der Waals surface area contributed by atoms with Gasteiger partial charge >= 0.3 is 0 Å². The Kier molecular flexibility index (Phi) is 5.48. The van der Waals surface area contributed by atoms with Crippen LogP contribution in [0.25, 0.3) is 0 Å². The highest BCUT2D eigenvalue weighted by Gasteiger charge is 1.52. The van der Waals surface area contributed by atoms with Crippen molar-refractivity contribution in [3.8, 4) is 0 Å². The van der Waals surface area contributed by atoms with E-state index in [2.05, 4.69) is 21.5 Å². The van der Waals surface area contributed by atoms with Crippen LogP contribution in [0.15, 0.2) is 0 Å². The van der Waals surface area contributed by atoms with Crippen LogP contribution in [0, 0.1) is 0 Å². The van der Waals surface area contributed by atoms with E-state index in [1.807, 2.05) is 0 Å². The quantitative estimate of drug-likeness (QED) is 0.355. The van der Waals surface area contributed by atoms with Gasteiger partial charge in [-0.2, -0.15) is 0 Å². The zero-order valence-electron chi connectivity index (χ0n) is 2.27. The van der Waals surface area contributed by atoms with Gasteiger partial charge in [-0.3, -0.25) is 0 Å². The van der Waals surface area contributed by atoms with Crippen molar-refractivity contribution in [2.45, 2.75) is 0 Å². The van der Waals surface area contributed by atoms with E-state index >= 15 is 0 Å². The lowest BCUT2D eigenvalue weighted by atomic mass is 11.9. The molecule has 0 radical (unpaired) electrons. The van der Waals surface area contributed by atoms with Crippen molar-refractivity contribution in [1.29, 1.82) is 0 Å². The smallest absolute Gasteiger partial charge is 0.0480 e. The van der Waals surface area contributed by atoms with Crippen LogP contribution >= 0.6 is 17.0 Å². The molecule has 0 aromatic rings. The van der Waals surface area contributed by atoms with E-state index in [-0.39, 0.29) is 0 Å². The molecule has 0 nitrogen and oxygen atoms in total. The molecule has 0 bridgehead atoms. The van der Waals surface area contributed by atoms with E-state index in [0.29, 0.717) is 7.78 Å². The lowest BCUT2D eigenvalue weighted by molar-refractivity contribution is 2.31. The number of rotatable bonds is 1. The molecule has 0 aromatic heterocycles. The highest BCUT2D eigenvalue weighted by molar-refractivity contribution is 8.26. The second kappa shape index (κ2) is 4.21. The van der Waals surface area contributed by atoms with Gasteiger partial charge in [0.25, 0.3) is 0 Å². The molecule has 26 valence electrons. The Labute approximate surface area is 35.9 Å². The van der Waals surface area contributed by atoms with Gasteiger partial charge in [0.15, 0.2) is 0 Å². The first kappa shape index (κ1) is 5.21. The summed E-state index contributed by atoms with van der Waals surface area (Å²) in [7, 11) is 2.92. The molecule has 0 saturated heterocycles. The minimum atomic E-state index is 0.329. The second-order valence-electron chi connectivity index (χ2n) is 0.402. The van der Waals surface area contributed by atoms with Crippen molar-refractivity contribution in [3.05, 3.63) is 0 Å². The number of hydrogen-bond donors (Lipinski definition) is 0. The third kappa shape index (κ3) is 3.21. The normalized spacial score (nSPS) is 10.5. The highest BCUT2D eigenvalue weighted by atomic mass is 32.7. The van der Waals surface area contributed by atoms with Gasteiger partial charge in [0.2, 0.25) is 0 Å². The molecule has 2 atom stereocenters. The van der Waals surface area contributed by atoms with Gasteiger partial charge in [0, 0.05) is 5.90 Å². The summed E-state index contributed by atoms with van der Waals surface area (Å²) in [5.41, 5.74) is 0. The van der Waals surface area contributed by atoms with Crippen LogP contribution in [0.2, 0.25) is 0 Å². The molecular weight excluding hydrogens is 106 g/mol. The maximum Gasteiger partial charge on any atom is 0.0480 e. The molecule has 0 aromatic carbocycles. The van der Waals surface area contributed by atoms with Gasteiger partial charge in [-0.15, -0.1) is 7.78 Å². The molecule has 2 unspecified atom stereocenters. The fourth-order valence-electron chi connectivity index (χ4n) is 0. The lowest BCUT2D eigenvalue weighted by Gasteiger charge is -1.77. The fourth-order valence-corrected chi connectivity index (χ4v) is 0. The van der Waals surface area contributed by atoms with Gasteiger partial charge in [0.05, 0.1) is 0 Å². The first-order valence-electron chi connectivity index (χ1n) is 1.05. The van der Waals surface area contributed by atoms with Crippen LogP contribution in [-0.2, 0) is 12.2 Å². The van der Waals surface area contributed by atoms with Crippen LogP contribution in [0.1, 0.15) is 0 Å². The summed E-state index contributed by atoms with van der Waals surface area (Å²) in [4.78, 5) is 0. The zero-order chi connectivity index (χ0) is 3.41. The summed E-state index contributed by atoms with van der Waals surface area (Å²) in [5.74, 6) is 1.13. The van der Waals surface area contributed by atoms with Gasteiger partial charge < -0.3 is 12.2 Å². The summed E-state index contributed by atoms with van der Waals surface area (Å²) < 4.78 is 0. The molecular formula is CH6P2S. The Hall–Kier alpha value is 1.21. The average molecular weight is 112 g/mol. The summed E-state index contributed by atoms with van der Waals surface area (Å²) in [6.45, 7) is 0. The largest absolute Gasteiger partial charge is 0.561 e. The average Bonchev–Trinajstić information content (AvgIpc) is 1.37. The first-order valence-corrected chi connectivity index (χ1v) is 4.57. The molecule has 4 heavy (non-hydrogen) atoms. The minimum Gasteiger partial charge on any atom is -0.561 e. The maximum atomic E-state index is 4.62. The van der Waals surface area contributed by atoms with Crippen LogP contribution in [0.5, 0.6) is 0 Å². The van der Waals surface area contributed by atoms with Crippen molar-refractivity contribution in [2.75, 3.05) is 5.90 Å². The molecule has 0 aliphatic carbocycles. The maximum absolute atomic E-state index is 4.62. The zero-order valence-corrected chi connectivity index (χ0v) is 5.40. The molecule has 0 fully saturated rings. The van der Waals surface area contributed by atoms with Gasteiger partial charge in [-0.1, -0.05) is 9.24 Å². The molecule has 0 rings (SSSR count). The van der Waals surface area contributed by atoms with Crippen LogP contribution in [0.3, 0.4) is 0 Å². The lowest BCUT2D eigenvalue weighted by Crippen LogP contribution is -1.34. The monoisotopic (exact) mass is 112 g/mol. The predicted octanol–water partition coefficient (Wildman–Crippen LogP) is 0.692. The van der Waals surface area contributed by atoms with E-state index in [0.717, 1.165) is 5.90 Å². The Balaban J connectivity index is 1.97. The second-order valence-corrected chi connectivity index (χ2v) is 3.62. The van der Waals surface area contributed by atoms with Crippen molar-refractivity contribution in [2.24, 2.45) is 0 Å². The van der Waals surface area contributed by atoms with Gasteiger partial charge in [0.1, 0.15) is 0 Å². The van der Waals surface area contributed by atoms with Crippen molar-refractivity contribution >= 4 is 29.3 Å². The molecule has 0 aliphatic heterocycles. The Morgan fingerprint density at radius 1 is 2.00 bits per heavy atom. The topological polar surface area (TPSA) is 0 Å². The highest BCUT2D eigenvalue weighted by Crippen LogP contribution is 2.05. The molecule has 0 N–H and O–H groups in total. The summed E-state index contributed by atoms with van der Waals surface area (Å²) in [5, 5.41) is 0. The van der Waals surface area contributed by atoms with Crippen LogP contribution in [0.4, 0.5) is 0 Å². The van der Waals surface area contributed by atoms with Crippen molar-refractivity contribution < 1.29 is 0 Å². The fraction of sp³-hybridized carbons (Fsp3) is 1.00. The molecule has 0 spiro atoms. The third-order valence-electron chi connectivity index (χ3n) is 0.0962. The first-order chi connectivity index (χ1) is 1.91. The SMILES string of the molecule is PC[PH2+][S-]. The van der Waals surface area contributed by atoms with E-state index in [4.69, 9.17) is 0 Å². The molecule has 0 heterocycles. The minimum absolute atomic E-state index is 0.329. The Bertz CT molecular complexity index is 8.00. The van der Waals surface area contributed by atoms with Crippen molar-refractivity contribution in [3.63, 3.8) is 0 Å². The summed E-state index contributed by atoms with van der Waals surface area (Å²) >= 11 is 4.62. The molecule has 0 saturated carbocycles. The van der Waals surface area contributed by atoms with E-state index in [9.17, 15) is 0 Å². The summed E-state index contributed by atoms with van der Waals surface area (Å²) in [6, 6.07) is 0. The van der Waals surface area contributed by atoms with E-state index < -0.39 is 0 Å². The standard InChI is InChI=1S/CH6P2S/c2-1-3-4/h1-3H2. The predicted molar refractivity (Wildman–Crippen MR) is 31.7 cm³/mol. The molecule has 0 amide bonds. The van der Waals surface area contributed by atoms with Gasteiger partial charge in [-0.25, -0.2) is 0 Å². The summed E-state index contributed by atoms with van der Waals surface area (Å²) in [6.07, 6.45) is 0. The molecule has 0 aliphatic rings. The van der Waals surface area contributed by atoms with Gasteiger partial charge in [-0.05, 0) is 0 Å². The van der Waals surface area contributed by atoms with Crippen LogP contribution < -0.4 is 0 Å². The Morgan fingerprint density at radius 3 is 2.25 bits per heavy atom. The third-order valence-corrected chi connectivity index (χ3v) is 2.60. The Morgan fingerprint density at radius 2 is 2.25 bits per heavy atom. The number of hydrogen-bond acceptors (Lipinski definition) is 1.